The van der Waals surface area contributed by atoms with Crippen molar-refractivity contribution < 1.29 is 14.3 Å². The van der Waals surface area contributed by atoms with Crippen molar-refractivity contribution in [1.82, 2.24) is 5.32 Å². The smallest absolute Gasteiger partial charge is 0.407 e. The summed E-state index contributed by atoms with van der Waals surface area (Å²) in [5.74, 6) is 0.628. The van der Waals surface area contributed by atoms with Gasteiger partial charge < -0.3 is 20.5 Å². The normalized spacial score (nSPS) is 11.1. The summed E-state index contributed by atoms with van der Waals surface area (Å²) in [6.07, 6.45) is -0.459. The van der Waals surface area contributed by atoms with E-state index in [4.69, 9.17) is 15.2 Å². The minimum atomic E-state index is -0.515. The summed E-state index contributed by atoms with van der Waals surface area (Å²) < 4.78 is 10.8. The highest BCUT2D eigenvalue weighted by atomic mass is 16.6. The number of carbonyl (C=O) groups is 1. The van der Waals surface area contributed by atoms with Gasteiger partial charge in [-0.1, -0.05) is 12.1 Å². The van der Waals surface area contributed by atoms with Gasteiger partial charge in [0.15, 0.2) is 0 Å². The summed E-state index contributed by atoms with van der Waals surface area (Å²) in [7, 11) is 0. The number of nitrogen functional groups attached to an aromatic ring is 1. The van der Waals surface area contributed by atoms with Crippen LogP contribution in [-0.2, 0) is 11.3 Å². The largest absolute Gasteiger partial charge is 0.491 e. The predicted octanol–water partition coefficient (Wildman–Crippen LogP) is 3.00. The lowest BCUT2D eigenvalue weighted by Gasteiger charge is -2.20. The number of anilines is 1. The quantitative estimate of drug-likeness (QED) is 0.831. The second kappa shape index (κ2) is 6.50. The number of alkyl carbamates (subject to hydrolysis) is 1. The van der Waals surface area contributed by atoms with E-state index in [2.05, 4.69) is 5.32 Å². The summed E-state index contributed by atoms with van der Waals surface area (Å²) in [6.45, 7) is 10.1. The van der Waals surface area contributed by atoms with Gasteiger partial charge in [0, 0.05) is 12.1 Å². The second-order valence-corrected chi connectivity index (χ2v) is 5.57. The van der Waals surface area contributed by atoms with Crippen LogP contribution >= 0.6 is 0 Å². The van der Waals surface area contributed by atoms with E-state index >= 15 is 0 Å². The topological polar surface area (TPSA) is 73.6 Å². The van der Waals surface area contributed by atoms with Crippen LogP contribution in [0.1, 0.15) is 38.8 Å². The van der Waals surface area contributed by atoms with Crippen molar-refractivity contribution >= 4 is 11.8 Å². The first kappa shape index (κ1) is 16.1. The number of aryl methyl sites for hydroxylation is 1. The van der Waals surface area contributed by atoms with E-state index in [1.807, 2.05) is 46.8 Å². The molecule has 0 saturated carbocycles. The van der Waals surface area contributed by atoms with Crippen molar-refractivity contribution in [2.45, 2.75) is 46.8 Å². The van der Waals surface area contributed by atoms with Crippen LogP contribution in [0.3, 0.4) is 0 Å². The number of carbonyl (C=O) groups excluding carboxylic acids is 1. The molecule has 3 N–H and O–H groups in total. The third-order valence-electron chi connectivity index (χ3n) is 2.61. The molecule has 20 heavy (non-hydrogen) atoms. The summed E-state index contributed by atoms with van der Waals surface area (Å²) in [5.41, 5.74) is 7.89. The molecule has 0 heterocycles. The molecule has 0 aliphatic rings. The first-order chi connectivity index (χ1) is 9.24. The Morgan fingerprint density at radius 2 is 2.00 bits per heavy atom. The van der Waals surface area contributed by atoms with Gasteiger partial charge in [-0.25, -0.2) is 4.79 Å². The van der Waals surface area contributed by atoms with Crippen molar-refractivity contribution in [3.63, 3.8) is 0 Å². The molecule has 1 aromatic rings. The first-order valence-corrected chi connectivity index (χ1v) is 6.72. The van der Waals surface area contributed by atoms with E-state index in [0.717, 1.165) is 11.1 Å². The molecular formula is C15H24N2O3. The zero-order valence-corrected chi connectivity index (χ0v) is 12.9. The maximum absolute atomic E-state index is 11.6. The van der Waals surface area contributed by atoms with Crippen molar-refractivity contribution in [3.05, 3.63) is 23.3 Å². The van der Waals surface area contributed by atoms with E-state index in [1.165, 1.54) is 0 Å². The highest BCUT2D eigenvalue weighted by Gasteiger charge is 2.17. The van der Waals surface area contributed by atoms with Crippen molar-refractivity contribution in [2.24, 2.45) is 0 Å². The van der Waals surface area contributed by atoms with Gasteiger partial charge in [0.05, 0.1) is 12.3 Å². The average molecular weight is 280 g/mol. The molecule has 1 aromatic carbocycles. The Labute approximate surface area is 120 Å². The molecule has 0 aliphatic heterocycles. The lowest BCUT2D eigenvalue weighted by Crippen LogP contribution is -2.32. The van der Waals surface area contributed by atoms with Gasteiger partial charge >= 0.3 is 6.09 Å². The minimum absolute atomic E-state index is 0.314. The number of ether oxygens (including phenoxy) is 2. The van der Waals surface area contributed by atoms with E-state index in [0.29, 0.717) is 24.6 Å². The molecule has 1 amide bonds. The summed E-state index contributed by atoms with van der Waals surface area (Å²) in [5, 5.41) is 2.70. The molecule has 0 bridgehead atoms. The SMILES string of the molecule is CCOc1c(CNC(=O)OC(C)(C)C)ccc(C)c1N. The van der Waals surface area contributed by atoms with Gasteiger partial charge in [-0.2, -0.15) is 0 Å². The molecule has 5 nitrogen and oxygen atoms in total. The zero-order valence-electron chi connectivity index (χ0n) is 12.9. The molecule has 0 fully saturated rings. The van der Waals surface area contributed by atoms with Crippen LogP contribution in [0.25, 0.3) is 0 Å². The predicted molar refractivity (Wildman–Crippen MR) is 79.8 cm³/mol. The first-order valence-electron chi connectivity index (χ1n) is 6.72. The number of hydrogen-bond donors (Lipinski definition) is 2. The van der Waals surface area contributed by atoms with E-state index in [1.54, 1.807) is 0 Å². The fraction of sp³-hybridized carbons (Fsp3) is 0.533. The monoisotopic (exact) mass is 280 g/mol. The highest BCUT2D eigenvalue weighted by Crippen LogP contribution is 2.29. The van der Waals surface area contributed by atoms with Gasteiger partial charge in [0.1, 0.15) is 11.4 Å². The number of nitrogens with two attached hydrogens (primary N) is 1. The standard InChI is InChI=1S/C15H24N2O3/c1-6-19-13-11(8-7-10(2)12(13)16)9-17-14(18)20-15(3,4)5/h7-8H,6,9,16H2,1-5H3,(H,17,18). The van der Waals surface area contributed by atoms with Gasteiger partial charge in [-0.3, -0.25) is 0 Å². The van der Waals surface area contributed by atoms with Crippen LogP contribution in [0.5, 0.6) is 5.75 Å². The number of amides is 1. The molecule has 5 heteroatoms. The molecule has 0 atom stereocenters. The van der Waals surface area contributed by atoms with Gasteiger partial charge in [-0.15, -0.1) is 0 Å². The Kier molecular flexibility index (Phi) is 5.25. The van der Waals surface area contributed by atoms with Crippen LogP contribution in [0, 0.1) is 6.92 Å². The molecule has 0 spiro atoms. The Bertz CT molecular complexity index is 479. The molecule has 0 radical (unpaired) electrons. The summed E-state index contributed by atoms with van der Waals surface area (Å²) >= 11 is 0. The van der Waals surface area contributed by atoms with Gasteiger partial charge in [-0.05, 0) is 40.2 Å². The van der Waals surface area contributed by atoms with Crippen LogP contribution in [0.4, 0.5) is 10.5 Å². The van der Waals surface area contributed by atoms with Crippen LogP contribution in [0.2, 0.25) is 0 Å². The number of benzene rings is 1. The van der Waals surface area contributed by atoms with Gasteiger partial charge in [0.25, 0.3) is 0 Å². The number of rotatable bonds is 4. The Morgan fingerprint density at radius 1 is 1.35 bits per heavy atom. The second-order valence-electron chi connectivity index (χ2n) is 5.57. The Hall–Kier alpha value is -1.91. The third kappa shape index (κ3) is 4.64. The summed E-state index contributed by atoms with van der Waals surface area (Å²) in [6, 6.07) is 3.80. The van der Waals surface area contributed by atoms with Crippen LogP contribution in [-0.4, -0.2) is 18.3 Å². The fourth-order valence-corrected chi connectivity index (χ4v) is 1.68. The summed E-state index contributed by atoms with van der Waals surface area (Å²) in [4.78, 5) is 11.6. The maximum atomic E-state index is 11.6. The average Bonchev–Trinajstić information content (AvgIpc) is 2.32. The maximum Gasteiger partial charge on any atom is 0.407 e. The molecule has 1 rings (SSSR count). The van der Waals surface area contributed by atoms with Crippen LogP contribution in [0.15, 0.2) is 12.1 Å². The molecule has 0 aromatic heterocycles. The molecule has 112 valence electrons. The van der Waals surface area contributed by atoms with Crippen molar-refractivity contribution in [2.75, 3.05) is 12.3 Å². The van der Waals surface area contributed by atoms with E-state index in [-0.39, 0.29) is 0 Å². The van der Waals surface area contributed by atoms with E-state index < -0.39 is 11.7 Å². The van der Waals surface area contributed by atoms with Crippen LogP contribution < -0.4 is 15.8 Å². The molecule has 0 saturated heterocycles. The fourth-order valence-electron chi connectivity index (χ4n) is 1.68. The Morgan fingerprint density at radius 3 is 2.55 bits per heavy atom. The molecular weight excluding hydrogens is 256 g/mol. The molecule has 0 unspecified atom stereocenters. The number of nitrogens with one attached hydrogen (secondary N) is 1. The zero-order chi connectivity index (χ0) is 15.3. The lowest BCUT2D eigenvalue weighted by molar-refractivity contribution is 0.0523. The number of hydrogen-bond acceptors (Lipinski definition) is 4. The van der Waals surface area contributed by atoms with Crippen molar-refractivity contribution in [1.29, 1.82) is 0 Å². The van der Waals surface area contributed by atoms with Gasteiger partial charge in [0.2, 0.25) is 0 Å². The third-order valence-corrected chi connectivity index (χ3v) is 2.61. The van der Waals surface area contributed by atoms with Crippen molar-refractivity contribution in [3.8, 4) is 5.75 Å². The lowest BCUT2D eigenvalue weighted by atomic mass is 10.1. The van der Waals surface area contributed by atoms with E-state index in [9.17, 15) is 4.79 Å². The minimum Gasteiger partial charge on any atom is -0.491 e. The molecule has 0 aliphatic carbocycles. The highest BCUT2D eigenvalue weighted by molar-refractivity contribution is 5.68. The Balaban J connectivity index is 2.78.